The molecule has 58 heavy (non-hydrogen) atoms. The minimum absolute atomic E-state index is 0.0247. The SMILES string of the molecule is BrCCOCCOCCOC(c1ccccc1)(c1ccccc1)c1ccccc1.OCCOCCOCCOC(c1ccccc1)(c1ccccc1)c1ccccc1. The second-order valence-electron chi connectivity index (χ2n) is 13.1. The lowest BCUT2D eigenvalue weighted by atomic mass is 9.80. The fourth-order valence-electron chi connectivity index (χ4n) is 6.81. The van der Waals surface area contributed by atoms with Crippen molar-refractivity contribution in [3.05, 3.63) is 215 Å². The highest BCUT2D eigenvalue weighted by Crippen LogP contribution is 2.41. The average Bonchev–Trinajstić information content (AvgIpc) is 3.30. The van der Waals surface area contributed by atoms with E-state index in [4.69, 9.17) is 33.5 Å². The van der Waals surface area contributed by atoms with Crippen LogP contribution in [0.3, 0.4) is 0 Å². The predicted octanol–water partition coefficient (Wildman–Crippen LogP) is 9.44. The summed E-state index contributed by atoms with van der Waals surface area (Å²) in [6.45, 7) is 4.99. The third-order valence-corrected chi connectivity index (χ3v) is 9.70. The smallest absolute Gasteiger partial charge is 0.143 e. The van der Waals surface area contributed by atoms with Gasteiger partial charge in [0.15, 0.2) is 0 Å². The van der Waals surface area contributed by atoms with Crippen LogP contribution >= 0.6 is 15.9 Å². The van der Waals surface area contributed by atoms with Crippen molar-refractivity contribution >= 4 is 15.9 Å². The molecule has 0 saturated carbocycles. The van der Waals surface area contributed by atoms with E-state index in [1.54, 1.807) is 0 Å². The molecule has 6 rings (SSSR count). The molecule has 0 fully saturated rings. The number of hydrogen-bond donors (Lipinski definition) is 1. The summed E-state index contributed by atoms with van der Waals surface area (Å²) in [5, 5.41) is 9.57. The molecule has 0 aliphatic heterocycles. The Morgan fingerprint density at radius 2 is 0.534 bits per heavy atom. The molecule has 0 bridgehead atoms. The average molecular weight is 848 g/mol. The van der Waals surface area contributed by atoms with Crippen molar-refractivity contribution in [3.63, 3.8) is 0 Å². The van der Waals surface area contributed by atoms with E-state index in [1.807, 2.05) is 72.8 Å². The maximum absolute atomic E-state index is 8.74. The zero-order chi connectivity index (χ0) is 40.4. The number of rotatable bonds is 24. The molecule has 6 aromatic carbocycles. The first-order valence-electron chi connectivity index (χ1n) is 19.8. The van der Waals surface area contributed by atoms with Gasteiger partial charge in [0, 0.05) is 5.33 Å². The molecule has 0 radical (unpaired) electrons. The van der Waals surface area contributed by atoms with Crippen LogP contribution in [0.25, 0.3) is 0 Å². The van der Waals surface area contributed by atoms with Gasteiger partial charge in [0.25, 0.3) is 0 Å². The Labute approximate surface area is 352 Å². The third kappa shape index (κ3) is 12.8. The molecule has 0 unspecified atom stereocenters. The summed E-state index contributed by atoms with van der Waals surface area (Å²) in [7, 11) is 0. The highest BCUT2D eigenvalue weighted by Gasteiger charge is 2.38. The summed E-state index contributed by atoms with van der Waals surface area (Å²) in [5.74, 6) is 0. The van der Waals surface area contributed by atoms with Crippen LogP contribution in [-0.4, -0.2) is 83.1 Å². The molecular formula is C50H55BrO7. The number of ether oxygens (including phenoxy) is 6. The van der Waals surface area contributed by atoms with E-state index in [9.17, 15) is 0 Å². The lowest BCUT2D eigenvalue weighted by Crippen LogP contribution is -2.34. The highest BCUT2D eigenvalue weighted by molar-refractivity contribution is 9.09. The lowest BCUT2D eigenvalue weighted by molar-refractivity contribution is -0.0349. The van der Waals surface area contributed by atoms with E-state index in [0.717, 1.165) is 38.7 Å². The van der Waals surface area contributed by atoms with Gasteiger partial charge in [0.2, 0.25) is 0 Å². The van der Waals surface area contributed by atoms with Crippen molar-refractivity contribution in [1.29, 1.82) is 0 Å². The minimum atomic E-state index is -0.722. The van der Waals surface area contributed by atoms with Crippen LogP contribution < -0.4 is 0 Å². The van der Waals surface area contributed by atoms with Crippen molar-refractivity contribution < 1.29 is 33.5 Å². The zero-order valence-electron chi connectivity index (χ0n) is 33.1. The first kappa shape index (κ1) is 44.6. The molecule has 6 aromatic rings. The van der Waals surface area contributed by atoms with E-state index >= 15 is 0 Å². The second kappa shape index (κ2) is 25.8. The van der Waals surface area contributed by atoms with Gasteiger partial charge in [-0.25, -0.2) is 0 Å². The second-order valence-corrected chi connectivity index (χ2v) is 13.9. The van der Waals surface area contributed by atoms with Gasteiger partial charge in [-0.1, -0.05) is 198 Å². The fourth-order valence-corrected chi connectivity index (χ4v) is 7.04. The zero-order valence-corrected chi connectivity index (χ0v) is 34.7. The normalized spacial score (nSPS) is 11.5. The largest absolute Gasteiger partial charge is 0.394 e. The van der Waals surface area contributed by atoms with Crippen LogP contribution in [-0.2, 0) is 39.6 Å². The van der Waals surface area contributed by atoms with Crippen molar-refractivity contribution in [3.8, 4) is 0 Å². The monoisotopic (exact) mass is 846 g/mol. The summed E-state index contributed by atoms with van der Waals surface area (Å²) < 4.78 is 35.3. The van der Waals surface area contributed by atoms with E-state index < -0.39 is 11.2 Å². The summed E-state index contributed by atoms with van der Waals surface area (Å²) in [4.78, 5) is 0. The molecule has 1 N–H and O–H groups in total. The van der Waals surface area contributed by atoms with Crippen molar-refractivity contribution in [2.75, 3.05) is 78.0 Å². The van der Waals surface area contributed by atoms with Crippen LogP contribution in [0.1, 0.15) is 33.4 Å². The molecule has 0 saturated heterocycles. The molecule has 304 valence electrons. The van der Waals surface area contributed by atoms with E-state index in [-0.39, 0.29) is 6.61 Å². The van der Waals surface area contributed by atoms with E-state index in [2.05, 4.69) is 125 Å². The van der Waals surface area contributed by atoms with Crippen LogP contribution in [0.5, 0.6) is 0 Å². The Morgan fingerprint density at radius 3 is 0.776 bits per heavy atom. The topological polar surface area (TPSA) is 75.6 Å². The maximum Gasteiger partial charge on any atom is 0.143 e. The van der Waals surface area contributed by atoms with Gasteiger partial charge < -0.3 is 33.5 Å². The maximum atomic E-state index is 8.74. The number of halogens is 1. The predicted molar refractivity (Wildman–Crippen MR) is 234 cm³/mol. The van der Waals surface area contributed by atoms with Crippen molar-refractivity contribution in [2.45, 2.75) is 11.2 Å². The van der Waals surface area contributed by atoms with Gasteiger partial charge >= 0.3 is 0 Å². The summed E-state index contributed by atoms with van der Waals surface area (Å²) >= 11 is 3.35. The number of aliphatic hydroxyl groups is 1. The Morgan fingerprint density at radius 1 is 0.310 bits per heavy atom. The van der Waals surface area contributed by atoms with Crippen LogP contribution in [0.15, 0.2) is 182 Å². The number of benzene rings is 6. The number of hydrogen-bond acceptors (Lipinski definition) is 7. The molecule has 0 aliphatic carbocycles. The highest BCUT2D eigenvalue weighted by atomic mass is 79.9. The van der Waals surface area contributed by atoms with Gasteiger partial charge in [-0.15, -0.1) is 0 Å². The summed E-state index contributed by atoms with van der Waals surface area (Å²) in [5.41, 5.74) is 5.09. The summed E-state index contributed by atoms with van der Waals surface area (Å²) in [6.07, 6.45) is 0. The quantitative estimate of drug-likeness (QED) is 0.0370. The van der Waals surface area contributed by atoms with Crippen LogP contribution in [0.2, 0.25) is 0 Å². The Bertz CT molecular complexity index is 1570. The third-order valence-electron chi connectivity index (χ3n) is 9.38. The molecule has 0 heterocycles. The van der Waals surface area contributed by atoms with Crippen molar-refractivity contribution in [2.24, 2.45) is 0 Å². The van der Waals surface area contributed by atoms with Gasteiger partial charge in [-0.2, -0.15) is 0 Å². The Balaban J connectivity index is 0.000000221. The molecule has 0 aromatic heterocycles. The molecule has 0 amide bonds. The van der Waals surface area contributed by atoms with Gasteiger partial charge in [0.05, 0.1) is 72.7 Å². The van der Waals surface area contributed by atoms with Crippen molar-refractivity contribution in [1.82, 2.24) is 0 Å². The van der Waals surface area contributed by atoms with Gasteiger partial charge in [-0.3, -0.25) is 0 Å². The molecule has 7 nitrogen and oxygen atoms in total. The summed E-state index contributed by atoms with van der Waals surface area (Å²) in [6, 6.07) is 62.0. The van der Waals surface area contributed by atoms with Gasteiger partial charge in [-0.05, 0) is 33.4 Å². The molecule has 0 spiro atoms. The number of alkyl halides is 1. The van der Waals surface area contributed by atoms with Gasteiger partial charge in [0.1, 0.15) is 11.2 Å². The first-order chi connectivity index (χ1) is 28.8. The molecular weight excluding hydrogens is 792 g/mol. The van der Waals surface area contributed by atoms with Crippen LogP contribution in [0.4, 0.5) is 0 Å². The van der Waals surface area contributed by atoms with E-state index in [0.29, 0.717) is 66.1 Å². The Hall–Kier alpha value is -4.48. The molecule has 0 aliphatic rings. The minimum Gasteiger partial charge on any atom is -0.394 e. The molecule has 8 heteroatoms. The van der Waals surface area contributed by atoms with E-state index in [1.165, 1.54) is 0 Å². The van der Waals surface area contributed by atoms with Crippen LogP contribution in [0, 0.1) is 0 Å². The lowest BCUT2D eigenvalue weighted by Gasteiger charge is -2.36. The fraction of sp³-hybridized carbons (Fsp3) is 0.280. The standard InChI is InChI=1S/C25H27BrO3.C25H28O4/c2*26-16-17-27-18-19-28-20-21-29-25(22-10-4-1-5-11-22,23-12-6-2-7-13-23)24-14-8-3-9-15-24/h1-15H,16-21H2;1-15,26H,16-21H2. The Kier molecular flexibility index (Phi) is 19.8. The number of aliphatic hydroxyl groups excluding tert-OH is 1. The first-order valence-corrected chi connectivity index (χ1v) is 21.0. The molecule has 0 atom stereocenters.